The van der Waals surface area contributed by atoms with Gasteiger partial charge in [-0.1, -0.05) is 30.3 Å². The van der Waals surface area contributed by atoms with E-state index in [-0.39, 0.29) is 24.2 Å². The Bertz CT molecular complexity index is 899. The van der Waals surface area contributed by atoms with Crippen molar-refractivity contribution in [1.82, 2.24) is 5.32 Å². The van der Waals surface area contributed by atoms with E-state index in [0.717, 1.165) is 5.56 Å². The van der Waals surface area contributed by atoms with Crippen LogP contribution in [0.4, 0.5) is 10.1 Å². The smallest absolute Gasteiger partial charge is 0.232 e. The predicted molar refractivity (Wildman–Crippen MR) is 94.2 cm³/mol. The summed E-state index contributed by atoms with van der Waals surface area (Å²) in [6.45, 7) is 0.306. The SMILES string of the molecule is CS(=O)(=O)N1CCC(NC(=O)Cc2cccc(F)c2)c2ccccc21. The first-order chi connectivity index (χ1) is 11.8. The molecule has 5 nitrogen and oxygen atoms in total. The minimum atomic E-state index is -3.37. The van der Waals surface area contributed by atoms with Gasteiger partial charge in [-0.25, -0.2) is 12.8 Å². The zero-order chi connectivity index (χ0) is 18.0. The summed E-state index contributed by atoms with van der Waals surface area (Å²) in [5, 5.41) is 2.93. The van der Waals surface area contributed by atoms with Crippen molar-refractivity contribution in [2.75, 3.05) is 17.1 Å². The zero-order valence-corrected chi connectivity index (χ0v) is 14.6. The number of benzene rings is 2. The summed E-state index contributed by atoms with van der Waals surface area (Å²) in [5.74, 6) is -0.602. The van der Waals surface area contributed by atoms with Crippen molar-refractivity contribution in [2.45, 2.75) is 18.9 Å². The summed E-state index contributed by atoms with van der Waals surface area (Å²) in [7, 11) is -3.37. The van der Waals surface area contributed by atoms with Crippen molar-refractivity contribution in [3.8, 4) is 0 Å². The molecule has 3 rings (SSSR count). The first kappa shape index (κ1) is 17.4. The summed E-state index contributed by atoms with van der Waals surface area (Å²) < 4.78 is 38.5. The fraction of sp³-hybridized carbons (Fsp3) is 0.278. The topological polar surface area (TPSA) is 66.5 Å². The van der Waals surface area contributed by atoms with Crippen LogP contribution in [-0.2, 0) is 21.2 Å². The lowest BCUT2D eigenvalue weighted by Crippen LogP contribution is -2.40. The number of nitrogens with one attached hydrogen (secondary N) is 1. The van der Waals surface area contributed by atoms with Crippen LogP contribution in [0, 0.1) is 5.82 Å². The van der Waals surface area contributed by atoms with E-state index < -0.39 is 10.0 Å². The van der Waals surface area contributed by atoms with Crippen molar-refractivity contribution in [3.05, 3.63) is 65.5 Å². The Kier molecular flexibility index (Phi) is 4.76. The van der Waals surface area contributed by atoms with E-state index in [4.69, 9.17) is 0 Å². The number of halogens is 1. The molecule has 132 valence electrons. The van der Waals surface area contributed by atoms with Gasteiger partial charge in [-0.2, -0.15) is 0 Å². The van der Waals surface area contributed by atoms with E-state index in [1.54, 1.807) is 24.3 Å². The van der Waals surface area contributed by atoms with E-state index in [1.165, 1.54) is 22.7 Å². The third kappa shape index (κ3) is 3.99. The number of nitrogens with zero attached hydrogens (tertiary/aromatic N) is 1. The van der Waals surface area contributed by atoms with E-state index in [9.17, 15) is 17.6 Å². The van der Waals surface area contributed by atoms with Crippen LogP contribution in [0.1, 0.15) is 23.6 Å². The van der Waals surface area contributed by atoms with E-state index in [2.05, 4.69) is 5.32 Å². The van der Waals surface area contributed by atoms with Gasteiger partial charge in [0.1, 0.15) is 5.82 Å². The number of hydrogen-bond acceptors (Lipinski definition) is 3. The van der Waals surface area contributed by atoms with Gasteiger partial charge in [0.2, 0.25) is 15.9 Å². The molecule has 0 bridgehead atoms. The first-order valence-corrected chi connectivity index (χ1v) is 9.80. The molecule has 1 aliphatic rings. The van der Waals surface area contributed by atoms with Gasteiger partial charge in [-0.15, -0.1) is 0 Å². The van der Waals surface area contributed by atoms with E-state index >= 15 is 0 Å². The number of rotatable bonds is 4. The number of carbonyl (C=O) groups excluding carboxylic acids is 1. The Labute approximate surface area is 146 Å². The molecule has 1 atom stereocenters. The average molecular weight is 362 g/mol. The Balaban J connectivity index is 1.78. The maximum absolute atomic E-state index is 13.2. The monoisotopic (exact) mass is 362 g/mol. The van der Waals surface area contributed by atoms with Crippen LogP contribution >= 0.6 is 0 Å². The number of anilines is 1. The molecule has 2 aromatic carbocycles. The number of carbonyl (C=O) groups is 1. The lowest BCUT2D eigenvalue weighted by molar-refractivity contribution is -0.121. The van der Waals surface area contributed by atoms with Crippen LogP contribution < -0.4 is 9.62 Å². The average Bonchev–Trinajstić information content (AvgIpc) is 2.54. The number of hydrogen-bond donors (Lipinski definition) is 1. The van der Waals surface area contributed by atoms with E-state index in [1.807, 2.05) is 12.1 Å². The zero-order valence-electron chi connectivity index (χ0n) is 13.8. The molecule has 0 saturated heterocycles. The minimum absolute atomic E-state index is 0.0756. The molecule has 0 aliphatic carbocycles. The second-order valence-electron chi connectivity index (χ2n) is 6.11. The van der Waals surface area contributed by atoms with E-state index in [0.29, 0.717) is 24.2 Å². The van der Waals surface area contributed by atoms with Gasteiger partial charge in [0.15, 0.2) is 0 Å². The molecule has 0 saturated carbocycles. The van der Waals surface area contributed by atoms with Crippen LogP contribution in [-0.4, -0.2) is 27.1 Å². The van der Waals surface area contributed by atoms with Gasteiger partial charge >= 0.3 is 0 Å². The van der Waals surface area contributed by atoms with Gasteiger partial charge in [0.25, 0.3) is 0 Å². The molecule has 0 spiro atoms. The molecule has 25 heavy (non-hydrogen) atoms. The summed E-state index contributed by atoms with van der Waals surface area (Å²) >= 11 is 0. The normalized spacial score (nSPS) is 17.0. The molecule has 1 aliphatic heterocycles. The molecular formula is C18H19FN2O3S. The largest absolute Gasteiger partial charge is 0.349 e. The molecule has 1 amide bonds. The van der Waals surface area contributed by atoms with Gasteiger partial charge in [-0.3, -0.25) is 9.10 Å². The van der Waals surface area contributed by atoms with Crippen LogP contribution in [0.5, 0.6) is 0 Å². The standard InChI is InChI=1S/C18H19FN2O3S/c1-25(23,24)21-10-9-16(15-7-2-3-8-17(15)21)20-18(22)12-13-5-4-6-14(19)11-13/h2-8,11,16H,9-10,12H2,1H3,(H,20,22). The second-order valence-corrected chi connectivity index (χ2v) is 8.02. The minimum Gasteiger partial charge on any atom is -0.349 e. The summed E-state index contributed by atoms with van der Waals surface area (Å²) in [4.78, 5) is 12.3. The van der Waals surface area contributed by atoms with Crippen molar-refractivity contribution < 1.29 is 17.6 Å². The fourth-order valence-corrected chi connectivity index (χ4v) is 4.06. The molecule has 7 heteroatoms. The fourth-order valence-electron chi connectivity index (χ4n) is 3.10. The highest BCUT2D eigenvalue weighted by Gasteiger charge is 2.30. The highest BCUT2D eigenvalue weighted by molar-refractivity contribution is 7.92. The summed E-state index contributed by atoms with van der Waals surface area (Å²) in [5.41, 5.74) is 1.96. The number of para-hydroxylation sites is 1. The van der Waals surface area contributed by atoms with Crippen molar-refractivity contribution in [2.24, 2.45) is 0 Å². The first-order valence-electron chi connectivity index (χ1n) is 7.95. The lowest BCUT2D eigenvalue weighted by Gasteiger charge is -2.34. The lowest BCUT2D eigenvalue weighted by atomic mass is 9.97. The molecule has 1 heterocycles. The van der Waals surface area contributed by atoms with Gasteiger partial charge in [-0.05, 0) is 35.7 Å². The van der Waals surface area contributed by atoms with Gasteiger partial charge in [0, 0.05) is 6.54 Å². The summed E-state index contributed by atoms with van der Waals surface area (Å²) in [6.07, 6.45) is 1.73. The third-order valence-electron chi connectivity index (χ3n) is 4.19. The van der Waals surface area contributed by atoms with Crippen LogP contribution in [0.25, 0.3) is 0 Å². The molecule has 0 aromatic heterocycles. The highest BCUT2D eigenvalue weighted by Crippen LogP contribution is 2.34. The quantitative estimate of drug-likeness (QED) is 0.908. The molecule has 0 fully saturated rings. The summed E-state index contributed by atoms with van der Waals surface area (Å²) in [6, 6.07) is 12.8. The maximum atomic E-state index is 13.2. The molecular weight excluding hydrogens is 343 g/mol. The molecule has 1 N–H and O–H groups in total. The highest BCUT2D eigenvalue weighted by atomic mass is 32.2. The van der Waals surface area contributed by atoms with Crippen molar-refractivity contribution in [3.63, 3.8) is 0 Å². The number of amides is 1. The Morgan fingerprint density at radius 2 is 2.00 bits per heavy atom. The second kappa shape index (κ2) is 6.84. The third-order valence-corrected chi connectivity index (χ3v) is 5.37. The molecule has 0 radical (unpaired) electrons. The maximum Gasteiger partial charge on any atom is 0.232 e. The van der Waals surface area contributed by atoms with Gasteiger partial charge < -0.3 is 5.32 Å². The van der Waals surface area contributed by atoms with Crippen LogP contribution in [0.2, 0.25) is 0 Å². The van der Waals surface area contributed by atoms with Crippen LogP contribution in [0.15, 0.2) is 48.5 Å². The number of sulfonamides is 1. The molecule has 2 aromatic rings. The molecule has 1 unspecified atom stereocenters. The van der Waals surface area contributed by atoms with Gasteiger partial charge in [0.05, 0.1) is 24.4 Å². The Hall–Kier alpha value is -2.41. The number of fused-ring (bicyclic) bond motifs is 1. The Morgan fingerprint density at radius 1 is 1.24 bits per heavy atom. The predicted octanol–water partition coefficient (Wildman–Crippen LogP) is 2.40. The van der Waals surface area contributed by atoms with Crippen LogP contribution in [0.3, 0.4) is 0 Å². The van der Waals surface area contributed by atoms with Crippen molar-refractivity contribution >= 4 is 21.6 Å². The van der Waals surface area contributed by atoms with Crippen molar-refractivity contribution in [1.29, 1.82) is 0 Å². The Morgan fingerprint density at radius 3 is 2.72 bits per heavy atom.